The largest absolute Gasteiger partial charge is 0.318 e. The normalized spacial score (nSPS) is 12.5. The Morgan fingerprint density at radius 1 is 1.00 bits per heavy atom. The minimum atomic E-state index is -2.26. The summed E-state index contributed by atoms with van der Waals surface area (Å²) in [6.45, 7) is 8.18. The lowest BCUT2D eigenvalue weighted by Crippen LogP contribution is -2.19. The summed E-state index contributed by atoms with van der Waals surface area (Å²) >= 11 is 3.40. The van der Waals surface area contributed by atoms with Crippen LogP contribution in [0.15, 0.2) is 28.7 Å². The smallest absolute Gasteiger partial charge is 0.120 e. The third-order valence-corrected chi connectivity index (χ3v) is 7.47. The number of hydrogen-bond donors (Lipinski definition) is 0. The number of hydrogen-bond acceptors (Lipinski definition) is 1. The molecule has 0 unspecified atom stereocenters. The van der Waals surface area contributed by atoms with Gasteiger partial charge in [0.05, 0.1) is 0 Å². The highest BCUT2D eigenvalue weighted by Crippen LogP contribution is 2.53. The first-order chi connectivity index (χ1) is 6.89. The van der Waals surface area contributed by atoms with Crippen LogP contribution in [0.1, 0.15) is 27.7 Å². The first-order valence-corrected chi connectivity index (χ1v) is 7.88. The lowest BCUT2D eigenvalue weighted by atomic mass is 10.4. The first kappa shape index (κ1) is 13.0. The van der Waals surface area contributed by atoms with Crippen LogP contribution in [-0.2, 0) is 4.57 Å². The van der Waals surface area contributed by atoms with Crippen molar-refractivity contribution < 1.29 is 4.57 Å². The maximum absolute atomic E-state index is 12.9. The van der Waals surface area contributed by atoms with Crippen LogP contribution >= 0.6 is 23.1 Å². The highest BCUT2D eigenvalue weighted by Gasteiger charge is 2.31. The molecule has 0 amide bonds. The van der Waals surface area contributed by atoms with Gasteiger partial charge in [0.15, 0.2) is 0 Å². The molecule has 0 aliphatic heterocycles. The van der Waals surface area contributed by atoms with Crippen LogP contribution in [0.3, 0.4) is 0 Å². The molecule has 1 rings (SSSR count). The van der Waals surface area contributed by atoms with Crippen LogP contribution in [0.2, 0.25) is 0 Å². The van der Waals surface area contributed by atoms with Crippen LogP contribution in [0.4, 0.5) is 0 Å². The number of rotatable bonds is 3. The SMILES string of the molecule is CC(C)P(=O)(c1ccc(Br)cc1)C(C)C. The molecular weight excluding hydrogens is 271 g/mol. The van der Waals surface area contributed by atoms with Crippen molar-refractivity contribution in [3.63, 3.8) is 0 Å². The highest BCUT2D eigenvalue weighted by atomic mass is 79.9. The molecule has 84 valence electrons. The second-order valence-corrected chi connectivity index (χ2v) is 9.29. The van der Waals surface area contributed by atoms with Gasteiger partial charge in [0.1, 0.15) is 7.14 Å². The molecule has 0 aromatic heterocycles. The van der Waals surface area contributed by atoms with Crippen molar-refractivity contribution in [1.82, 2.24) is 0 Å². The molecule has 0 radical (unpaired) electrons. The molecule has 0 N–H and O–H groups in total. The molecule has 0 aliphatic carbocycles. The van der Waals surface area contributed by atoms with Gasteiger partial charge < -0.3 is 4.57 Å². The second kappa shape index (κ2) is 4.84. The third-order valence-electron chi connectivity index (χ3n) is 2.76. The molecule has 1 nitrogen and oxygen atoms in total. The average Bonchev–Trinajstić information content (AvgIpc) is 2.17. The summed E-state index contributed by atoms with van der Waals surface area (Å²) in [7, 11) is -2.26. The van der Waals surface area contributed by atoms with E-state index in [1.165, 1.54) is 0 Å². The van der Waals surface area contributed by atoms with Crippen molar-refractivity contribution in [2.45, 2.75) is 39.0 Å². The minimum Gasteiger partial charge on any atom is -0.318 e. The lowest BCUT2D eigenvalue weighted by Gasteiger charge is -2.26. The Hall–Kier alpha value is -0.0700. The van der Waals surface area contributed by atoms with Gasteiger partial charge in [-0.1, -0.05) is 55.8 Å². The van der Waals surface area contributed by atoms with E-state index in [0.717, 1.165) is 9.78 Å². The maximum atomic E-state index is 12.9. The Morgan fingerprint density at radius 3 is 1.73 bits per heavy atom. The van der Waals surface area contributed by atoms with E-state index < -0.39 is 7.14 Å². The third kappa shape index (κ3) is 2.54. The standard InChI is InChI=1S/C12H18BrOP/c1-9(2)15(14,10(3)4)12-7-5-11(13)6-8-12/h5-10H,1-4H3. The monoisotopic (exact) mass is 288 g/mol. The van der Waals surface area contributed by atoms with Gasteiger partial charge in [-0.15, -0.1) is 0 Å². The van der Waals surface area contributed by atoms with Crippen molar-refractivity contribution in [2.75, 3.05) is 0 Å². The zero-order valence-corrected chi connectivity index (χ0v) is 12.2. The van der Waals surface area contributed by atoms with Crippen LogP contribution in [0.5, 0.6) is 0 Å². The summed E-state index contributed by atoms with van der Waals surface area (Å²) in [6.07, 6.45) is 0. The fourth-order valence-corrected chi connectivity index (χ4v) is 5.13. The van der Waals surface area contributed by atoms with Crippen molar-refractivity contribution in [3.05, 3.63) is 28.7 Å². The average molecular weight is 289 g/mol. The lowest BCUT2D eigenvalue weighted by molar-refractivity contribution is 0.569. The molecule has 0 saturated heterocycles. The predicted molar refractivity (Wildman–Crippen MR) is 71.7 cm³/mol. The van der Waals surface area contributed by atoms with Crippen molar-refractivity contribution in [1.29, 1.82) is 0 Å². The van der Waals surface area contributed by atoms with Gasteiger partial charge >= 0.3 is 0 Å². The van der Waals surface area contributed by atoms with E-state index in [4.69, 9.17) is 0 Å². The number of benzene rings is 1. The highest BCUT2D eigenvalue weighted by molar-refractivity contribution is 9.10. The Morgan fingerprint density at radius 2 is 1.40 bits per heavy atom. The summed E-state index contributed by atoms with van der Waals surface area (Å²) in [5.41, 5.74) is 0.414. The van der Waals surface area contributed by atoms with Crippen LogP contribution in [0, 0.1) is 0 Å². The Labute approximate surface area is 101 Å². The molecule has 0 atom stereocenters. The Balaban J connectivity index is 3.22. The molecule has 1 aromatic rings. The molecule has 0 fully saturated rings. The summed E-state index contributed by atoms with van der Waals surface area (Å²) in [5, 5.41) is 0.996. The molecule has 0 bridgehead atoms. The zero-order valence-electron chi connectivity index (χ0n) is 9.70. The molecule has 3 heteroatoms. The number of halogens is 1. The topological polar surface area (TPSA) is 17.1 Å². The van der Waals surface area contributed by atoms with Gasteiger partial charge in [-0.2, -0.15) is 0 Å². The van der Waals surface area contributed by atoms with E-state index in [-0.39, 0.29) is 11.3 Å². The van der Waals surface area contributed by atoms with Crippen LogP contribution in [0.25, 0.3) is 0 Å². The van der Waals surface area contributed by atoms with E-state index in [2.05, 4.69) is 15.9 Å². The summed E-state index contributed by atoms with van der Waals surface area (Å²) < 4.78 is 13.9. The fourth-order valence-electron chi connectivity index (χ4n) is 1.87. The van der Waals surface area contributed by atoms with E-state index >= 15 is 0 Å². The molecule has 0 spiro atoms. The van der Waals surface area contributed by atoms with Gasteiger partial charge in [0.2, 0.25) is 0 Å². The molecule has 15 heavy (non-hydrogen) atoms. The zero-order chi connectivity index (χ0) is 11.6. The second-order valence-electron chi connectivity index (χ2n) is 4.37. The molecule has 0 saturated carbocycles. The fraction of sp³-hybridized carbons (Fsp3) is 0.500. The van der Waals surface area contributed by atoms with Gasteiger partial charge in [-0.05, 0) is 12.1 Å². The van der Waals surface area contributed by atoms with Crippen molar-refractivity contribution >= 4 is 28.4 Å². The maximum Gasteiger partial charge on any atom is 0.120 e. The van der Waals surface area contributed by atoms with Crippen LogP contribution < -0.4 is 5.30 Å². The van der Waals surface area contributed by atoms with Crippen molar-refractivity contribution in [2.24, 2.45) is 0 Å². The van der Waals surface area contributed by atoms with E-state index in [1.54, 1.807) is 0 Å². The van der Waals surface area contributed by atoms with Gasteiger partial charge in [-0.25, -0.2) is 0 Å². The van der Waals surface area contributed by atoms with Crippen LogP contribution in [-0.4, -0.2) is 11.3 Å². The van der Waals surface area contributed by atoms with Crippen molar-refractivity contribution in [3.8, 4) is 0 Å². The van der Waals surface area contributed by atoms with E-state index in [0.29, 0.717) is 0 Å². The molecular formula is C12H18BrOP. The summed E-state index contributed by atoms with van der Waals surface area (Å²) in [4.78, 5) is 0. The summed E-state index contributed by atoms with van der Waals surface area (Å²) in [6, 6.07) is 7.88. The molecule has 1 aromatic carbocycles. The Kier molecular flexibility index (Phi) is 4.20. The predicted octanol–water partition coefficient (Wildman–Crippen LogP) is 4.25. The van der Waals surface area contributed by atoms with Gasteiger partial charge in [-0.3, -0.25) is 0 Å². The quantitative estimate of drug-likeness (QED) is 0.760. The first-order valence-electron chi connectivity index (χ1n) is 5.24. The summed E-state index contributed by atoms with van der Waals surface area (Å²) in [5.74, 6) is 0. The molecule has 0 heterocycles. The van der Waals surface area contributed by atoms with Gasteiger partial charge in [0.25, 0.3) is 0 Å². The van der Waals surface area contributed by atoms with E-state index in [1.807, 2.05) is 52.0 Å². The minimum absolute atomic E-state index is 0.207. The van der Waals surface area contributed by atoms with Gasteiger partial charge in [0, 0.05) is 21.1 Å². The Bertz CT molecular complexity index is 356. The molecule has 0 aliphatic rings. The van der Waals surface area contributed by atoms with E-state index in [9.17, 15) is 4.57 Å².